The molecular formula is C24H17BrF2N4O3S. The van der Waals surface area contributed by atoms with Crippen molar-refractivity contribution >= 4 is 62.4 Å². The lowest BCUT2D eigenvalue weighted by Gasteiger charge is -2.24. The standard InChI is InChI=1S/C24H17BrF2N4O3S/c25-15-3-1-14(2-4-15)22(33)29-31-20(13-21(32)28-18-9-5-16(26)6-10-18)23(34)30(24(31)35)19-11-7-17(27)8-12-19/h1-12,20H,13H2,(H,28,32)(H,29,33). The summed E-state index contributed by atoms with van der Waals surface area (Å²) in [6, 6.07) is 15.6. The molecule has 11 heteroatoms. The molecule has 0 aliphatic carbocycles. The first-order valence-electron chi connectivity index (χ1n) is 10.3. The average Bonchev–Trinajstić information content (AvgIpc) is 3.05. The van der Waals surface area contributed by atoms with E-state index in [1.807, 2.05) is 0 Å². The summed E-state index contributed by atoms with van der Waals surface area (Å²) in [5.41, 5.74) is 3.53. The molecule has 1 fully saturated rings. The van der Waals surface area contributed by atoms with Gasteiger partial charge in [0.05, 0.1) is 12.1 Å². The Hall–Kier alpha value is -3.70. The van der Waals surface area contributed by atoms with E-state index < -0.39 is 35.4 Å². The molecule has 35 heavy (non-hydrogen) atoms. The molecular weight excluding hydrogens is 542 g/mol. The van der Waals surface area contributed by atoms with Crippen LogP contribution in [0.4, 0.5) is 20.2 Å². The van der Waals surface area contributed by atoms with Gasteiger partial charge in [0, 0.05) is 15.7 Å². The van der Waals surface area contributed by atoms with Gasteiger partial charge in [-0.1, -0.05) is 15.9 Å². The average molecular weight is 559 g/mol. The topological polar surface area (TPSA) is 81.8 Å². The molecule has 2 N–H and O–H groups in total. The van der Waals surface area contributed by atoms with Crippen molar-refractivity contribution in [2.45, 2.75) is 12.5 Å². The first kappa shape index (κ1) is 24.4. The highest BCUT2D eigenvalue weighted by Gasteiger charge is 2.45. The molecule has 1 unspecified atom stereocenters. The molecule has 3 aromatic rings. The number of nitrogens with zero attached hydrogens (tertiary/aromatic N) is 2. The zero-order valence-electron chi connectivity index (χ0n) is 17.9. The molecule has 1 atom stereocenters. The van der Waals surface area contributed by atoms with Crippen molar-refractivity contribution in [3.8, 4) is 0 Å². The Balaban J connectivity index is 1.59. The Morgan fingerprint density at radius 1 is 0.914 bits per heavy atom. The fraction of sp³-hybridized carbons (Fsp3) is 0.0833. The molecule has 7 nitrogen and oxygen atoms in total. The summed E-state index contributed by atoms with van der Waals surface area (Å²) in [6.07, 6.45) is -0.366. The molecule has 1 saturated heterocycles. The van der Waals surface area contributed by atoms with Gasteiger partial charge in [0.25, 0.3) is 11.8 Å². The fourth-order valence-corrected chi connectivity index (χ4v) is 4.06. The number of hydrogen-bond donors (Lipinski definition) is 2. The highest BCUT2D eigenvalue weighted by atomic mass is 79.9. The van der Waals surface area contributed by atoms with Gasteiger partial charge in [-0.3, -0.25) is 24.7 Å². The third kappa shape index (κ3) is 5.52. The first-order valence-corrected chi connectivity index (χ1v) is 11.5. The van der Waals surface area contributed by atoms with Crippen molar-refractivity contribution in [1.29, 1.82) is 0 Å². The molecule has 3 amide bonds. The fourth-order valence-electron chi connectivity index (χ4n) is 3.42. The van der Waals surface area contributed by atoms with Gasteiger partial charge in [-0.2, -0.15) is 0 Å². The van der Waals surface area contributed by atoms with Gasteiger partial charge in [0.15, 0.2) is 0 Å². The second kappa shape index (κ2) is 10.3. The molecule has 0 spiro atoms. The normalized spacial score (nSPS) is 15.3. The number of carbonyl (C=O) groups is 3. The predicted octanol–water partition coefficient (Wildman–Crippen LogP) is 4.40. The van der Waals surface area contributed by atoms with Gasteiger partial charge >= 0.3 is 0 Å². The molecule has 1 aliphatic heterocycles. The van der Waals surface area contributed by atoms with Crippen molar-refractivity contribution in [2.24, 2.45) is 0 Å². The number of benzene rings is 3. The van der Waals surface area contributed by atoms with Crippen LogP contribution in [-0.2, 0) is 9.59 Å². The summed E-state index contributed by atoms with van der Waals surface area (Å²) in [4.78, 5) is 40.0. The first-order chi connectivity index (χ1) is 16.7. The summed E-state index contributed by atoms with van der Waals surface area (Å²) in [7, 11) is 0. The summed E-state index contributed by atoms with van der Waals surface area (Å²) >= 11 is 8.76. The van der Waals surface area contributed by atoms with Crippen molar-refractivity contribution < 1.29 is 23.2 Å². The van der Waals surface area contributed by atoms with Crippen LogP contribution >= 0.6 is 28.1 Å². The van der Waals surface area contributed by atoms with Crippen molar-refractivity contribution in [2.75, 3.05) is 10.2 Å². The van der Waals surface area contributed by atoms with Gasteiger partial charge in [0.1, 0.15) is 17.7 Å². The number of halogens is 3. The Morgan fingerprint density at radius 3 is 2.09 bits per heavy atom. The zero-order valence-corrected chi connectivity index (χ0v) is 20.3. The van der Waals surface area contributed by atoms with E-state index in [1.165, 1.54) is 48.5 Å². The van der Waals surface area contributed by atoms with E-state index >= 15 is 0 Å². The van der Waals surface area contributed by atoms with Crippen LogP contribution in [-0.4, -0.2) is 33.9 Å². The van der Waals surface area contributed by atoms with Crippen molar-refractivity contribution in [1.82, 2.24) is 10.4 Å². The lowest BCUT2D eigenvalue weighted by atomic mass is 10.1. The third-order valence-electron chi connectivity index (χ3n) is 5.13. The SMILES string of the molecule is O=C(CC1C(=O)N(c2ccc(F)cc2)C(=S)N1NC(=O)c1ccc(Br)cc1)Nc1ccc(F)cc1. The molecule has 0 bridgehead atoms. The van der Waals surface area contributed by atoms with Crippen LogP contribution in [0.3, 0.4) is 0 Å². The van der Waals surface area contributed by atoms with Gasteiger partial charge < -0.3 is 5.32 Å². The van der Waals surface area contributed by atoms with Gasteiger partial charge in [-0.15, -0.1) is 0 Å². The second-order valence-corrected chi connectivity index (χ2v) is 8.81. The highest BCUT2D eigenvalue weighted by molar-refractivity contribution is 9.10. The molecule has 178 valence electrons. The lowest BCUT2D eigenvalue weighted by Crippen LogP contribution is -2.49. The Labute approximate surface area is 212 Å². The third-order valence-corrected chi connectivity index (χ3v) is 6.04. The maximum absolute atomic E-state index is 13.4. The molecule has 0 saturated carbocycles. The maximum Gasteiger partial charge on any atom is 0.269 e. The Morgan fingerprint density at radius 2 is 1.49 bits per heavy atom. The van der Waals surface area contributed by atoms with Crippen LogP contribution in [0.1, 0.15) is 16.8 Å². The van der Waals surface area contributed by atoms with Gasteiger partial charge in [-0.25, -0.2) is 13.8 Å². The van der Waals surface area contributed by atoms with E-state index in [-0.39, 0.29) is 17.2 Å². The van der Waals surface area contributed by atoms with Gasteiger partial charge in [0.2, 0.25) is 11.0 Å². The monoisotopic (exact) mass is 558 g/mol. The van der Waals surface area contributed by atoms with Crippen LogP contribution in [0.5, 0.6) is 0 Å². The van der Waals surface area contributed by atoms with E-state index in [1.54, 1.807) is 24.3 Å². The minimum absolute atomic E-state index is 0.0772. The van der Waals surface area contributed by atoms with E-state index in [9.17, 15) is 23.2 Å². The Bertz CT molecular complexity index is 1290. The smallest absolute Gasteiger partial charge is 0.269 e. The molecule has 1 aliphatic rings. The second-order valence-electron chi connectivity index (χ2n) is 7.53. The van der Waals surface area contributed by atoms with Crippen LogP contribution < -0.4 is 15.6 Å². The number of anilines is 2. The highest BCUT2D eigenvalue weighted by Crippen LogP contribution is 2.27. The Kier molecular flexibility index (Phi) is 7.17. The minimum atomic E-state index is -1.17. The van der Waals surface area contributed by atoms with Crippen molar-refractivity contribution in [3.63, 3.8) is 0 Å². The lowest BCUT2D eigenvalue weighted by molar-refractivity contribution is -0.124. The summed E-state index contributed by atoms with van der Waals surface area (Å²) in [5, 5.41) is 3.66. The predicted molar refractivity (Wildman–Crippen MR) is 133 cm³/mol. The minimum Gasteiger partial charge on any atom is -0.326 e. The summed E-state index contributed by atoms with van der Waals surface area (Å²) in [5.74, 6) is -2.64. The summed E-state index contributed by atoms with van der Waals surface area (Å²) in [6.45, 7) is 0. The number of hydrazine groups is 1. The van der Waals surface area contributed by atoms with Crippen LogP contribution in [0.2, 0.25) is 0 Å². The number of carbonyl (C=O) groups excluding carboxylic acids is 3. The van der Waals surface area contributed by atoms with Gasteiger partial charge in [-0.05, 0) is 85.0 Å². The largest absolute Gasteiger partial charge is 0.326 e. The number of thiocarbonyl (C=S) groups is 1. The molecule has 4 rings (SSSR count). The zero-order chi connectivity index (χ0) is 25.1. The van der Waals surface area contributed by atoms with E-state index in [0.29, 0.717) is 11.3 Å². The molecule has 0 radical (unpaired) electrons. The number of nitrogens with one attached hydrogen (secondary N) is 2. The van der Waals surface area contributed by atoms with Crippen LogP contribution in [0.25, 0.3) is 0 Å². The molecule has 0 aromatic heterocycles. The van der Waals surface area contributed by atoms with Crippen LogP contribution in [0.15, 0.2) is 77.3 Å². The van der Waals surface area contributed by atoms with E-state index in [4.69, 9.17) is 12.2 Å². The summed E-state index contributed by atoms with van der Waals surface area (Å²) < 4.78 is 27.4. The molecule has 3 aromatic carbocycles. The number of amides is 3. The van der Waals surface area contributed by atoms with E-state index in [2.05, 4.69) is 26.7 Å². The quantitative estimate of drug-likeness (QED) is 0.438. The number of rotatable bonds is 6. The van der Waals surface area contributed by atoms with Crippen molar-refractivity contribution in [3.05, 3.63) is 94.5 Å². The van der Waals surface area contributed by atoms with Crippen LogP contribution in [0, 0.1) is 11.6 Å². The van der Waals surface area contributed by atoms with E-state index in [0.717, 1.165) is 14.4 Å². The number of hydrogen-bond acceptors (Lipinski definition) is 4. The molecule has 1 heterocycles. The maximum atomic E-state index is 13.4.